The molecule has 146 valence electrons. The largest absolute Gasteiger partial charge is 0.497 e. The van der Waals surface area contributed by atoms with Crippen LogP contribution >= 0.6 is 11.3 Å². The van der Waals surface area contributed by atoms with Crippen LogP contribution in [-0.2, 0) is 4.74 Å². The van der Waals surface area contributed by atoms with E-state index in [1.54, 1.807) is 13.2 Å². The van der Waals surface area contributed by atoms with Gasteiger partial charge in [-0.15, -0.1) is 0 Å². The summed E-state index contributed by atoms with van der Waals surface area (Å²) >= 11 is 1.35. The number of halogens is 2. The first-order valence-corrected chi connectivity index (χ1v) is 9.70. The van der Waals surface area contributed by atoms with Crippen LogP contribution in [0.3, 0.4) is 0 Å². The average molecular weight is 404 g/mol. The third kappa shape index (κ3) is 3.70. The van der Waals surface area contributed by atoms with Crippen LogP contribution in [0.4, 0.5) is 13.9 Å². The van der Waals surface area contributed by atoms with Crippen molar-refractivity contribution in [2.45, 2.75) is 18.9 Å². The Bertz CT molecular complexity index is 1020. The van der Waals surface area contributed by atoms with E-state index in [1.807, 2.05) is 12.1 Å². The first kappa shape index (κ1) is 18.8. The summed E-state index contributed by atoms with van der Waals surface area (Å²) in [5.41, 5.74) is 0.767. The van der Waals surface area contributed by atoms with Gasteiger partial charge in [0.2, 0.25) is 0 Å². The minimum atomic E-state index is -1.06. The van der Waals surface area contributed by atoms with Gasteiger partial charge in [-0.05, 0) is 43.2 Å². The first-order valence-electron chi connectivity index (χ1n) is 8.88. The SMILES string of the molecule is COc1ccc2sc(N(CC3CCCO3)C(=O)c3ccc(F)c(F)c3)nc2c1. The number of fused-ring (bicyclic) bond motifs is 1. The number of carbonyl (C=O) groups excluding carboxylic acids is 1. The summed E-state index contributed by atoms with van der Waals surface area (Å²) in [5.74, 6) is -1.83. The summed E-state index contributed by atoms with van der Waals surface area (Å²) < 4.78 is 38.7. The number of thiazole rings is 1. The van der Waals surface area contributed by atoms with E-state index in [9.17, 15) is 13.6 Å². The van der Waals surface area contributed by atoms with Gasteiger partial charge in [0, 0.05) is 18.2 Å². The van der Waals surface area contributed by atoms with Crippen molar-refractivity contribution in [3.8, 4) is 5.75 Å². The molecule has 28 heavy (non-hydrogen) atoms. The van der Waals surface area contributed by atoms with E-state index < -0.39 is 17.5 Å². The summed E-state index contributed by atoms with van der Waals surface area (Å²) in [6.45, 7) is 0.948. The minimum Gasteiger partial charge on any atom is -0.497 e. The Hall–Kier alpha value is -2.58. The zero-order chi connectivity index (χ0) is 19.7. The van der Waals surface area contributed by atoms with Gasteiger partial charge in [0.05, 0.1) is 30.0 Å². The molecule has 1 aliphatic heterocycles. The molecule has 0 bridgehead atoms. The van der Waals surface area contributed by atoms with E-state index in [1.165, 1.54) is 22.3 Å². The van der Waals surface area contributed by atoms with Gasteiger partial charge in [-0.25, -0.2) is 13.8 Å². The molecule has 0 aliphatic carbocycles. The second kappa shape index (κ2) is 7.81. The second-order valence-corrected chi connectivity index (χ2v) is 7.52. The molecule has 1 saturated heterocycles. The summed E-state index contributed by atoms with van der Waals surface area (Å²) in [6.07, 6.45) is 1.64. The molecular formula is C20H18F2N2O3S. The molecule has 5 nitrogen and oxygen atoms in total. The van der Waals surface area contributed by atoms with Crippen LogP contribution in [0.25, 0.3) is 10.2 Å². The summed E-state index contributed by atoms with van der Waals surface area (Å²) in [5, 5.41) is 0.480. The van der Waals surface area contributed by atoms with Crippen molar-refractivity contribution < 1.29 is 23.0 Å². The predicted octanol–water partition coefficient (Wildman–Crippen LogP) is 4.41. The summed E-state index contributed by atoms with van der Waals surface area (Å²) in [7, 11) is 1.57. The number of carbonyl (C=O) groups is 1. The highest BCUT2D eigenvalue weighted by molar-refractivity contribution is 7.22. The number of ether oxygens (including phenoxy) is 2. The van der Waals surface area contributed by atoms with Crippen molar-refractivity contribution in [3.63, 3.8) is 0 Å². The monoisotopic (exact) mass is 404 g/mol. The lowest BCUT2D eigenvalue weighted by Crippen LogP contribution is -2.37. The molecule has 4 rings (SSSR count). The third-order valence-corrected chi connectivity index (χ3v) is 5.70. The molecule has 0 spiro atoms. The number of hydrogen-bond acceptors (Lipinski definition) is 5. The number of amides is 1. The maximum absolute atomic E-state index is 13.7. The maximum Gasteiger partial charge on any atom is 0.260 e. The lowest BCUT2D eigenvalue weighted by atomic mass is 10.1. The normalized spacial score (nSPS) is 16.5. The second-order valence-electron chi connectivity index (χ2n) is 6.51. The standard InChI is InChI=1S/C20H18F2N2O3S/c1-26-13-5-7-18-17(10-13)23-20(28-18)24(11-14-3-2-8-27-14)19(25)12-4-6-15(21)16(22)9-12/h4-7,9-10,14H,2-3,8,11H2,1H3. The molecule has 0 N–H and O–H groups in total. The predicted molar refractivity (Wildman–Crippen MR) is 103 cm³/mol. The molecule has 0 radical (unpaired) electrons. The van der Waals surface area contributed by atoms with E-state index in [2.05, 4.69) is 4.98 Å². The lowest BCUT2D eigenvalue weighted by molar-refractivity contribution is 0.0917. The number of rotatable bonds is 5. The van der Waals surface area contributed by atoms with Crippen molar-refractivity contribution in [2.75, 3.05) is 25.2 Å². The average Bonchev–Trinajstić information content (AvgIpc) is 3.36. The summed E-state index contributed by atoms with van der Waals surface area (Å²) in [6, 6.07) is 8.64. The molecule has 0 saturated carbocycles. The number of methoxy groups -OCH3 is 1. The van der Waals surface area contributed by atoms with E-state index in [4.69, 9.17) is 9.47 Å². The van der Waals surface area contributed by atoms with Crippen molar-refractivity contribution in [2.24, 2.45) is 0 Å². The van der Waals surface area contributed by atoms with E-state index in [0.29, 0.717) is 29.5 Å². The molecule has 1 aliphatic rings. The zero-order valence-electron chi connectivity index (χ0n) is 15.2. The number of anilines is 1. The Balaban J connectivity index is 1.72. The highest BCUT2D eigenvalue weighted by atomic mass is 32.1. The Labute approximate surface area is 164 Å². The highest BCUT2D eigenvalue weighted by Gasteiger charge is 2.27. The number of nitrogens with zero attached hydrogens (tertiary/aromatic N) is 2. The van der Waals surface area contributed by atoms with Crippen LogP contribution in [-0.4, -0.2) is 37.3 Å². The molecule has 2 aromatic carbocycles. The molecule has 2 heterocycles. The molecule has 1 atom stereocenters. The van der Waals surface area contributed by atoms with Gasteiger partial charge in [0.25, 0.3) is 5.91 Å². The van der Waals surface area contributed by atoms with Crippen LogP contribution in [0.2, 0.25) is 0 Å². The fourth-order valence-corrected chi connectivity index (χ4v) is 4.12. The van der Waals surface area contributed by atoms with Crippen LogP contribution < -0.4 is 9.64 Å². The quantitative estimate of drug-likeness (QED) is 0.632. The molecule has 1 aromatic heterocycles. The van der Waals surface area contributed by atoms with E-state index >= 15 is 0 Å². The first-order chi connectivity index (χ1) is 13.5. The van der Waals surface area contributed by atoms with Gasteiger partial charge in [0.1, 0.15) is 5.75 Å². The van der Waals surface area contributed by atoms with Crippen LogP contribution in [0, 0.1) is 11.6 Å². The molecular weight excluding hydrogens is 386 g/mol. The number of hydrogen-bond donors (Lipinski definition) is 0. The molecule has 1 unspecified atom stereocenters. The van der Waals surface area contributed by atoms with Gasteiger partial charge in [-0.1, -0.05) is 11.3 Å². The summed E-state index contributed by atoms with van der Waals surface area (Å²) in [4.78, 5) is 19.2. The van der Waals surface area contributed by atoms with Gasteiger partial charge in [-0.3, -0.25) is 9.69 Å². The minimum absolute atomic E-state index is 0.0636. The third-order valence-electron chi connectivity index (χ3n) is 4.64. The molecule has 1 fully saturated rings. The van der Waals surface area contributed by atoms with Crippen molar-refractivity contribution >= 4 is 32.6 Å². The zero-order valence-corrected chi connectivity index (χ0v) is 16.0. The molecule has 3 aromatic rings. The Morgan fingerprint density at radius 2 is 2.14 bits per heavy atom. The van der Waals surface area contributed by atoms with Gasteiger partial charge < -0.3 is 9.47 Å². The van der Waals surface area contributed by atoms with Crippen molar-refractivity contribution in [1.82, 2.24) is 4.98 Å². The van der Waals surface area contributed by atoms with Crippen LogP contribution in [0.5, 0.6) is 5.75 Å². The van der Waals surface area contributed by atoms with E-state index in [0.717, 1.165) is 29.7 Å². The van der Waals surface area contributed by atoms with Crippen LogP contribution in [0.15, 0.2) is 36.4 Å². The number of aromatic nitrogens is 1. The van der Waals surface area contributed by atoms with Crippen molar-refractivity contribution in [3.05, 3.63) is 53.6 Å². The fraction of sp³-hybridized carbons (Fsp3) is 0.300. The molecule has 1 amide bonds. The van der Waals surface area contributed by atoms with Gasteiger partial charge in [-0.2, -0.15) is 0 Å². The lowest BCUT2D eigenvalue weighted by Gasteiger charge is -2.23. The van der Waals surface area contributed by atoms with Crippen LogP contribution in [0.1, 0.15) is 23.2 Å². The Kier molecular flexibility index (Phi) is 5.23. The Morgan fingerprint density at radius 3 is 2.86 bits per heavy atom. The van der Waals surface area contributed by atoms with Crippen molar-refractivity contribution in [1.29, 1.82) is 0 Å². The smallest absolute Gasteiger partial charge is 0.260 e. The van der Waals surface area contributed by atoms with E-state index in [-0.39, 0.29) is 11.7 Å². The highest BCUT2D eigenvalue weighted by Crippen LogP contribution is 2.33. The van der Waals surface area contributed by atoms with Gasteiger partial charge in [0.15, 0.2) is 16.8 Å². The maximum atomic E-state index is 13.7. The van der Waals surface area contributed by atoms with Gasteiger partial charge >= 0.3 is 0 Å². The fourth-order valence-electron chi connectivity index (χ4n) is 3.16. The topological polar surface area (TPSA) is 51.7 Å². The molecule has 8 heteroatoms. The number of benzene rings is 2. The Morgan fingerprint density at radius 1 is 1.29 bits per heavy atom.